The van der Waals surface area contributed by atoms with Gasteiger partial charge in [-0.1, -0.05) is 6.07 Å². The molecule has 1 aromatic carbocycles. The molecule has 1 fully saturated rings. The molecule has 1 aromatic rings. The fraction of sp³-hybridized carbons (Fsp3) is 0.533. The molecule has 0 spiro atoms. The third-order valence-corrected chi connectivity index (χ3v) is 3.75. The van der Waals surface area contributed by atoms with Crippen molar-refractivity contribution in [1.82, 2.24) is 5.32 Å². The Kier molecular flexibility index (Phi) is 4.82. The van der Waals surface area contributed by atoms with Gasteiger partial charge in [-0.05, 0) is 25.1 Å². The Morgan fingerprint density at radius 2 is 2.14 bits per heavy atom. The molecule has 1 amide bonds. The average molecular weight is 294 g/mol. The van der Waals surface area contributed by atoms with Crippen molar-refractivity contribution in [3.05, 3.63) is 29.8 Å². The fourth-order valence-corrected chi connectivity index (χ4v) is 2.46. The van der Waals surface area contributed by atoms with E-state index in [4.69, 9.17) is 9.84 Å². The van der Waals surface area contributed by atoms with E-state index in [9.17, 15) is 9.90 Å². The van der Waals surface area contributed by atoms with Gasteiger partial charge in [0.2, 0.25) is 0 Å². The van der Waals surface area contributed by atoms with E-state index in [0.29, 0.717) is 5.56 Å². The molecule has 4 atom stereocenters. The lowest BCUT2D eigenvalue weighted by atomic mass is 10.0. The third-order valence-electron chi connectivity index (χ3n) is 3.75. The maximum atomic E-state index is 12.3. The average Bonchev–Trinajstić information content (AvgIpc) is 2.74. The number of anilines is 1. The van der Waals surface area contributed by atoms with Gasteiger partial charge in [0.1, 0.15) is 12.2 Å². The van der Waals surface area contributed by atoms with Crippen molar-refractivity contribution in [3.8, 4) is 0 Å². The van der Waals surface area contributed by atoms with Gasteiger partial charge in [0.15, 0.2) is 0 Å². The monoisotopic (exact) mass is 294 g/mol. The van der Waals surface area contributed by atoms with Crippen LogP contribution in [0.15, 0.2) is 24.3 Å². The van der Waals surface area contributed by atoms with E-state index in [0.717, 1.165) is 5.69 Å². The summed E-state index contributed by atoms with van der Waals surface area (Å²) >= 11 is 0. The first-order valence-corrected chi connectivity index (χ1v) is 6.96. The van der Waals surface area contributed by atoms with Gasteiger partial charge in [-0.25, -0.2) is 0 Å². The van der Waals surface area contributed by atoms with E-state index >= 15 is 0 Å². The van der Waals surface area contributed by atoms with Crippen LogP contribution in [0.5, 0.6) is 0 Å². The van der Waals surface area contributed by atoms with Crippen LogP contribution in [-0.4, -0.2) is 61.2 Å². The van der Waals surface area contributed by atoms with Crippen LogP contribution in [0.2, 0.25) is 0 Å². The predicted octanol–water partition coefficient (Wildman–Crippen LogP) is -0.00850. The fourth-order valence-electron chi connectivity index (χ4n) is 2.46. The van der Waals surface area contributed by atoms with Gasteiger partial charge in [0.25, 0.3) is 5.91 Å². The summed E-state index contributed by atoms with van der Waals surface area (Å²) in [4.78, 5) is 14.2. The highest BCUT2D eigenvalue weighted by Gasteiger charge is 2.41. The lowest BCUT2D eigenvalue weighted by Gasteiger charge is -2.20. The molecule has 116 valence electrons. The van der Waals surface area contributed by atoms with Crippen LogP contribution in [0, 0.1) is 0 Å². The standard InChI is InChI=1S/C15H22N2O4/c1-9-13(14(19)12(8-18)21-9)16-15(20)10-5-4-6-11(7-10)17(2)3/h4-7,9,12-14,18-19H,8H2,1-3H3,(H,16,20)/t9-,12+,13?,14-/m0/s1. The molecule has 1 aliphatic heterocycles. The molecule has 1 aliphatic rings. The maximum Gasteiger partial charge on any atom is 0.251 e. The van der Waals surface area contributed by atoms with Crippen molar-refractivity contribution in [2.45, 2.75) is 31.3 Å². The summed E-state index contributed by atoms with van der Waals surface area (Å²) in [5.74, 6) is -0.267. The summed E-state index contributed by atoms with van der Waals surface area (Å²) in [6, 6.07) is 6.70. The second-order valence-electron chi connectivity index (χ2n) is 5.50. The number of carbonyl (C=O) groups excluding carboxylic acids is 1. The summed E-state index contributed by atoms with van der Waals surface area (Å²) in [6.07, 6.45) is -1.91. The van der Waals surface area contributed by atoms with Crippen molar-refractivity contribution in [1.29, 1.82) is 0 Å². The maximum absolute atomic E-state index is 12.3. The molecule has 6 nitrogen and oxygen atoms in total. The van der Waals surface area contributed by atoms with E-state index in [1.54, 1.807) is 19.1 Å². The quantitative estimate of drug-likeness (QED) is 0.728. The number of hydrogen-bond donors (Lipinski definition) is 3. The van der Waals surface area contributed by atoms with Gasteiger partial charge in [-0.15, -0.1) is 0 Å². The number of carbonyl (C=O) groups is 1. The highest BCUT2D eigenvalue weighted by molar-refractivity contribution is 5.95. The van der Waals surface area contributed by atoms with Gasteiger partial charge in [-0.3, -0.25) is 4.79 Å². The summed E-state index contributed by atoms with van der Waals surface area (Å²) in [6.45, 7) is 1.49. The number of benzene rings is 1. The number of hydrogen-bond acceptors (Lipinski definition) is 5. The minimum Gasteiger partial charge on any atom is -0.394 e. The van der Waals surface area contributed by atoms with E-state index in [1.807, 2.05) is 31.1 Å². The zero-order valence-electron chi connectivity index (χ0n) is 12.5. The van der Waals surface area contributed by atoms with Gasteiger partial charge in [0.05, 0.1) is 18.8 Å². The number of rotatable bonds is 4. The zero-order chi connectivity index (χ0) is 15.6. The van der Waals surface area contributed by atoms with E-state index < -0.39 is 18.2 Å². The van der Waals surface area contributed by atoms with Crippen molar-refractivity contribution in [3.63, 3.8) is 0 Å². The van der Waals surface area contributed by atoms with Crippen molar-refractivity contribution in [2.24, 2.45) is 0 Å². The lowest BCUT2D eigenvalue weighted by Crippen LogP contribution is -2.47. The molecule has 0 saturated carbocycles. The Bertz CT molecular complexity index is 506. The van der Waals surface area contributed by atoms with Crippen molar-refractivity contribution >= 4 is 11.6 Å². The van der Waals surface area contributed by atoms with Crippen LogP contribution in [0.3, 0.4) is 0 Å². The highest BCUT2D eigenvalue weighted by Crippen LogP contribution is 2.21. The Morgan fingerprint density at radius 1 is 1.43 bits per heavy atom. The smallest absolute Gasteiger partial charge is 0.251 e. The van der Waals surface area contributed by atoms with Crippen molar-refractivity contribution < 1.29 is 19.7 Å². The van der Waals surface area contributed by atoms with E-state index in [1.165, 1.54) is 0 Å². The second kappa shape index (κ2) is 6.43. The van der Waals surface area contributed by atoms with Gasteiger partial charge < -0.3 is 25.2 Å². The molecule has 1 heterocycles. The molecular formula is C15H22N2O4. The molecule has 0 aliphatic carbocycles. The first-order chi connectivity index (χ1) is 9.93. The summed E-state index contributed by atoms with van der Waals surface area (Å²) in [7, 11) is 3.80. The first-order valence-electron chi connectivity index (χ1n) is 6.96. The van der Waals surface area contributed by atoms with Crippen LogP contribution in [0.1, 0.15) is 17.3 Å². The molecular weight excluding hydrogens is 272 g/mol. The second-order valence-corrected chi connectivity index (χ2v) is 5.50. The zero-order valence-corrected chi connectivity index (χ0v) is 12.5. The minimum atomic E-state index is -0.911. The topological polar surface area (TPSA) is 82.0 Å². The summed E-state index contributed by atoms with van der Waals surface area (Å²) in [5.41, 5.74) is 1.44. The Balaban J connectivity index is 2.09. The van der Waals surface area contributed by atoms with Gasteiger partial charge in [0, 0.05) is 25.3 Å². The number of aliphatic hydroxyl groups excluding tert-OH is 2. The minimum absolute atomic E-state index is 0.267. The Labute approximate surface area is 124 Å². The molecule has 3 N–H and O–H groups in total. The third kappa shape index (κ3) is 3.34. The molecule has 6 heteroatoms. The number of nitrogens with one attached hydrogen (secondary N) is 1. The largest absolute Gasteiger partial charge is 0.394 e. The first kappa shape index (κ1) is 15.8. The summed E-state index contributed by atoms with van der Waals surface area (Å²) < 4.78 is 5.41. The SMILES string of the molecule is C[C@@H]1O[C@H](CO)[C@H](O)C1NC(=O)c1cccc(N(C)C)c1. The molecule has 0 bridgehead atoms. The summed E-state index contributed by atoms with van der Waals surface area (Å²) in [5, 5.41) is 21.9. The number of amides is 1. The van der Waals surface area contributed by atoms with Crippen LogP contribution in [0.25, 0.3) is 0 Å². The molecule has 1 unspecified atom stereocenters. The number of aliphatic hydroxyl groups is 2. The molecule has 1 saturated heterocycles. The Hall–Kier alpha value is -1.63. The molecule has 2 rings (SSSR count). The molecule has 0 radical (unpaired) electrons. The normalized spacial score (nSPS) is 28.4. The van der Waals surface area contributed by atoms with E-state index in [2.05, 4.69) is 5.32 Å². The number of ether oxygens (including phenoxy) is 1. The van der Waals surface area contributed by atoms with Crippen LogP contribution < -0.4 is 10.2 Å². The molecule has 21 heavy (non-hydrogen) atoms. The molecule has 0 aromatic heterocycles. The van der Waals surface area contributed by atoms with E-state index in [-0.39, 0.29) is 18.6 Å². The van der Waals surface area contributed by atoms with Crippen molar-refractivity contribution in [2.75, 3.05) is 25.6 Å². The highest BCUT2D eigenvalue weighted by atomic mass is 16.5. The lowest BCUT2D eigenvalue weighted by molar-refractivity contribution is -0.0170. The van der Waals surface area contributed by atoms with Crippen LogP contribution >= 0.6 is 0 Å². The van der Waals surface area contributed by atoms with Crippen LogP contribution in [-0.2, 0) is 4.74 Å². The predicted molar refractivity (Wildman–Crippen MR) is 79.5 cm³/mol. The van der Waals surface area contributed by atoms with Crippen LogP contribution in [0.4, 0.5) is 5.69 Å². The van der Waals surface area contributed by atoms with Gasteiger partial charge in [-0.2, -0.15) is 0 Å². The number of nitrogens with zero attached hydrogens (tertiary/aromatic N) is 1. The Morgan fingerprint density at radius 3 is 2.71 bits per heavy atom. The van der Waals surface area contributed by atoms with Gasteiger partial charge >= 0.3 is 0 Å².